The smallest absolute Gasteiger partial charge is 0.244 e. The predicted octanol–water partition coefficient (Wildman–Crippen LogP) is 1.91. The van der Waals surface area contributed by atoms with Crippen molar-refractivity contribution in [2.24, 2.45) is 12.8 Å². The number of benzene rings is 1. The Morgan fingerprint density at radius 2 is 1.95 bits per heavy atom. The summed E-state index contributed by atoms with van der Waals surface area (Å²) in [6, 6.07) is 7.37. The van der Waals surface area contributed by atoms with Crippen LogP contribution in [0.4, 0.5) is 0 Å². The molecule has 1 amide bonds. The fourth-order valence-electron chi connectivity index (χ4n) is 1.74. The number of amides is 1. The molecule has 0 fully saturated rings. The Labute approximate surface area is 149 Å². The molecule has 0 radical (unpaired) electrons. The third kappa shape index (κ3) is 4.67. The van der Waals surface area contributed by atoms with Gasteiger partial charge in [0.2, 0.25) is 5.91 Å². The molecule has 122 valence electrons. The number of aromatic nitrogens is 3. The number of aryl methyl sites for hydroxylation is 1. The average molecular weight is 411 g/mol. The van der Waals surface area contributed by atoms with Crippen LogP contribution >= 0.6 is 40.7 Å². The molecule has 0 spiro atoms. The molecule has 0 aliphatic heterocycles. The lowest BCUT2D eigenvalue weighted by molar-refractivity contribution is -0.126. The summed E-state index contributed by atoms with van der Waals surface area (Å²) in [7, 11) is 1.82. The minimum absolute atomic E-state index is 0. The molecule has 0 aliphatic carbocycles. The first kappa shape index (κ1) is 20.9. The van der Waals surface area contributed by atoms with E-state index in [-0.39, 0.29) is 30.7 Å². The van der Waals surface area contributed by atoms with Crippen LogP contribution in [0, 0.1) is 0 Å². The molecule has 1 aromatic heterocycles. The van der Waals surface area contributed by atoms with E-state index in [4.69, 9.17) is 5.73 Å². The lowest BCUT2D eigenvalue weighted by atomic mass is 9.92. The number of hydrogen-bond acceptors (Lipinski definition) is 4. The van der Waals surface area contributed by atoms with E-state index >= 15 is 0 Å². The van der Waals surface area contributed by atoms with Crippen molar-refractivity contribution in [2.45, 2.75) is 19.0 Å². The van der Waals surface area contributed by atoms with Crippen LogP contribution in [-0.2, 0) is 23.9 Å². The molecule has 6 nitrogen and oxygen atoms in total. The van der Waals surface area contributed by atoms with Crippen molar-refractivity contribution in [1.82, 2.24) is 20.1 Å². The van der Waals surface area contributed by atoms with E-state index in [1.165, 1.54) is 0 Å². The Morgan fingerprint density at radius 1 is 1.36 bits per heavy atom. The second-order valence-electron chi connectivity index (χ2n) is 4.75. The highest BCUT2D eigenvalue weighted by molar-refractivity contribution is 9.10. The van der Waals surface area contributed by atoms with E-state index in [9.17, 15) is 4.79 Å². The third-order valence-corrected chi connectivity index (χ3v) is 3.66. The number of hydrogen-bond donors (Lipinski definition) is 2. The van der Waals surface area contributed by atoms with Crippen LogP contribution in [0.15, 0.2) is 35.1 Å². The van der Waals surface area contributed by atoms with Crippen LogP contribution in [0.2, 0.25) is 0 Å². The fraction of sp³-hybridized carbons (Fsp3) is 0.308. The molecule has 9 heteroatoms. The van der Waals surface area contributed by atoms with Gasteiger partial charge >= 0.3 is 0 Å². The maximum absolute atomic E-state index is 12.3. The minimum Gasteiger partial charge on any atom is -0.347 e. The quantitative estimate of drug-likeness (QED) is 0.805. The first-order valence-electron chi connectivity index (χ1n) is 6.07. The maximum Gasteiger partial charge on any atom is 0.244 e. The number of rotatable bonds is 4. The van der Waals surface area contributed by atoms with Gasteiger partial charge in [0.05, 0.1) is 6.54 Å². The number of nitrogens with zero attached hydrogens (tertiary/aromatic N) is 3. The van der Waals surface area contributed by atoms with E-state index in [0.29, 0.717) is 12.4 Å². The average Bonchev–Trinajstić information content (AvgIpc) is 2.82. The van der Waals surface area contributed by atoms with E-state index in [1.807, 2.05) is 31.3 Å². The third-order valence-electron chi connectivity index (χ3n) is 3.13. The minimum atomic E-state index is -1.10. The molecule has 1 heterocycles. The zero-order chi connectivity index (χ0) is 14.8. The van der Waals surface area contributed by atoms with Gasteiger partial charge in [-0.2, -0.15) is 0 Å². The van der Waals surface area contributed by atoms with Gasteiger partial charge in [-0.1, -0.05) is 28.1 Å². The van der Waals surface area contributed by atoms with Gasteiger partial charge in [-0.05, 0) is 24.6 Å². The summed E-state index contributed by atoms with van der Waals surface area (Å²) in [4.78, 5) is 12.3. The lowest BCUT2D eigenvalue weighted by Gasteiger charge is -2.24. The van der Waals surface area contributed by atoms with Gasteiger partial charge in [0.1, 0.15) is 11.9 Å². The van der Waals surface area contributed by atoms with Gasteiger partial charge in [0.15, 0.2) is 5.82 Å². The molecule has 0 bridgehead atoms. The van der Waals surface area contributed by atoms with Crippen LogP contribution in [0.1, 0.15) is 18.3 Å². The van der Waals surface area contributed by atoms with Crippen LogP contribution in [-0.4, -0.2) is 20.7 Å². The summed E-state index contributed by atoms with van der Waals surface area (Å²) in [6.07, 6.45) is 1.58. The Hall–Kier alpha value is -1.15. The van der Waals surface area contributed by atoms with Crippen molar-refractivity contribution >= 4 is 46.7 Å². The van der Waals surface area contributed by atoms with Gasteiger partial charge < -0.3 is 15.6 Å². The topological polar surface area (TPSA) is 85.8 Å². The van der Waals surface area contributed by atoms with Crippen LogP contribution in [0.5, 0.6) is 0 Å². The standard InChI is InChI=1S/C13H16BrN5O.2ClH/c1-13(15,9-3-5-10(14)6-4-9)12(20)16-7-11-18-17-8-19(11)2;;/h3-6,8H,7,15H2,1-2H3,(H,16,20);2*1H. The van der Waals surface area contributed by atoms with Crippen molar-refractivity contribution in [3.63, 3.8) is 0 Å². The molecular weight excluding hydrogens is 393 g/mol. The predicted molar refractivity (Wildman–Crippen MR) is 93.0 cm³/mol. The summed E-state index contributed by atoms with van der Waals surface area (Å²) >= 11 is 3.35. The monoisotopic (exact) mass is 409 g/mol. The highest BCUT2D eigenvalue weighted by atomic mass is 79.9. The molecule has 1 atom stereocenters. The van der Waals surface area contributed by atoms with Gasteiger partial charge in [0, 0.05) is 11.5 Å². The van der Waals surface area contributed by atoms with Gasteiger partial charge in [-0.25, -0.2) is 0 Å². The summed E-state index contributed by atoms with van der Waals surface area (Å²) in [5.74, 6) is 0.410. The second-order valence-corrected chi connectivity index (χ2v) is 5.67. The molecule has 1 aromatic carbocycles. The normalized spacial score (nSPS) is 12.5. The zero-order valence-corrected chi connectivity index (χ0v) is 15.3. The Bertz CT molecular complexity index is 615. The second kappa shape index (κ2) is 8.47. The fourth-order valence-corrected chi connectivity index (χ4v) is 2.00. The molecule has 1 unspecified atom stereocenters. The first-order valence-corrected chi connectivity index (χ1v) is 6.86. The number of halogens is 3. The van der Waals surface area contributed by atoms with Crippen LogP contribution < -0.4 is 11.1 Å². The largest absolute Gasteiger partial charge is 0.347 e. The van der Waals surface area contributed by atoms with Crippen molar-refractivity contribution in [2.75, 3.05) is 0 Å². The highest BCUT2D eigenvalue weighted by Crippen LogP contribution is 2.20. The molecule has 22 heavy (non-hydrogen) atoms. The molecule has 0 saturated carbocycles. The van der Waals surface area contributed by atoms with Crippen molar-refractivity contribution in [3.05, 3.63) is 46.5 Å². The number of carbonyl (C=O) groups excluding carboxylic acids is 1. The maximum atomic E-state index is 12.3. The van der Waals surface area contributed by atoms with Gasteiger partial charge in [0.25, 0.3) is 0 Å². The number of carbonyl (C=O) groups is 1. The van der Waals surface area contributed by atoms with E-state index in [1.54, 1.807) is 17.8 Å². The van der Waals surface area contributed by atoms with Crippen molar-refractivity contribution < 1.29 is 4.79 Å². The Morgan fingerprint density at radius 3 is 2.45 bits per heavy atom. The molecule has 2 rings (SSSR count). The summed E-state index contributed by atoms with van der Waals surface area (Å²) in [5.41, 5.74) is 5.79. The number of nitrogens with two attached hydrogens (primary N) is 1. The zero-order valence-electron chi connectivity index (χ0n) is 12.1. The SMILES string of the molecule is Cl.Cl.Cn1cnnc1CNC(=O)C(C)(N)c1ccc(Br)cc1. The molecule has 0 saturated heterocycles. The summed E-state index contributed by atoms with van der Waals surface area (Å²) in [6.45, 7) is 1.97. The summed E-state index contributed by atoms with van der Waals surface area (Å²) in [5, 5.41) is 10.4. The van der Waals surface area contributed by atoms with Crippen molar-refractivity contribution in [3.8, 4) is 0 Å². The molecule has 2 aromatic rings. The van der Waals surface area contributed by atoms with Gasteiger partial charge in [-0.15, -0.1) is 35.0 Å². The van der Waals surface area contributed by atoms with Crippen LogP contribution in [0.3, 0.4) is 0 Å². The van der Waals surface area contributed by atoms with Gasteiger partial charge in [-0.3, -0.25) is 4.79 Å². The molecule has 0 aliphatic rings. The van der Waals surface area contributed by atoms with E-state index in [0.717, 1.165) is 10.0 Å². The highest BCUT2D eigenvalue weighted by Gasteiger charge is 2.30. The Kier molecular flexibility index (Phi) is 8.03. The number of nitrogens with one attached hydrogen (secondary N) is 1. The first-order chi connectivity index (χ1) is 9.41. The van der Waals surface area contributed by atoms with Crippen LogP contribution in [0.25, 0.3) is 0 Å². The van der Waals surface area contributed by atoms with Crippen molar-refractivity contribution in [1.29, 1.82) is 0 Å². The Balaban J connectivity index is 0.00000220. The van der Waals surface area contributed by atoms with E-state index in [2.05, 4.69) is 31.4 Å². The molecule has 3 N–H and O–H groups in total. The molecular formula is C13H18BrCl2N5O. The summed E-state index contributed by atoms with van der Waals surface area (Å²) < 4.78 is 2.69. The lowest BCUT2D eigenvalue weighted by Crippen LogP contribution is -2.48. The van der Waals surface area contributed by atoms with E-state index < -0.39 is 5.54 Å².